The lowest BCUT2D eigenvalue weighted by atomic mass is 9.82. The molecule has 0 spiro atoms. The molecule has 3 unspecified atom stereocenters. The van der Waals surface area contributed by atoms with Crippen molar-refractivity contribution in [2.24, 2.45) is 0 Å². The van der Waals surface area contributed by atoms with Gasteiger partial charge in [0.15, 0.2) is 9.84 Å². The van der Waals surface area contributed by atoms with Gasteiger partial charge in [0, 0.05) is 12.3 Å². The highest BCUT2D eigenvalue weighted by molar-refractivity contribution is 7.92. The average molecular weight is 413 g/mol. The van der Waals surface area contributed by atoms with Crippen molar-refractivity contribution >= 4 is 15.8 Å². The maximum atomic E-state index is 12.8. The molecule has 2 aromatic rings. The van der Waals surface area contributed by atoms with Gasteiger partial charge in [0.05, 0.1) is 23.7 Å². The standard InChI is InChI=1S/C23H24O5S/c1-15-4-3-5-18(12-15)23(24)28-21-14-22-17(10-11-29(22,25)26)13-20(21)16-6-8-19(27-2)9-7-16/h3-9,12-13,20-22H,10-11,14H2,1-2H3. The van der Waals surface area contributed by atoms with E-state index >= 15 is 0 Å². The largest absolute Gasteiger partial charge is 0.497 e. The van der Waals surface area contributed by atoms with Crippen LogP contribution < -0.4 is 4.74 Å². The highest BCUT2D eigenvalue weighted by Crippen LogP contribution is 2.41. The highest BCUT2D eigenvalue weighted by atomic mass is 32.2. The van der Waals surface area contributed by atoms with Crippen molar-refractivity contribution in [3.8, 4) is 5.75 Å². The Morgan fingerprint density at radius 3 is 2.55 bits per heavy atom. The first-order valence-electron chi connectivity index (χ1n) is 9.71. The Bertz CT molecular complexity index is 1050. The number of aryl methyl sites for hydroxylation is 1. The number of sulfone groups is 1. The summed E-state index contributed by atoms with van der Waals surface area (Å²) in [6.07, 6.45) is 2.30. The van der Waals surface area contributed by atoms with Gasteiger partial charge in [-0.1, -0.05) is 41.5 Å². The van der Waals surface area contributed by atoms with Gasteiger partial charge >= 0.3 is 5.97 Å². The number of rotatable bonds is 4. The van der Waals surface area contributed by atoms with E-state index < -0.39 is 27.2 Å². The molecule has 0 amide bonds. The Morgan fingerprint density at radius 2 is 1.86 bits per heavy atom. The molecule has 1 heterocycles. The fraction of sp³-hybridized carbons (Fsp3) is 0.348. The van der Waals surface area contributed by atoms with Gasteiger partial charge in [-0.15, -0.1) is 0 Å². The van der Waals surface area contributed by atoms with Crippen LogP contribution in [0.1, 0.15) is 40.2 Å². The topological polar surface area (TPSA) is 69.7 Å². The summed E-state index contributed by atoms with van der Waals surface area (Å²) in [6, 6.07) is 14.8. The van der Waals surface area contributed by atoms with Crippen LogP contribution in [0.15, 0.2) is 60.2 Å². The van der Waals surface area contributed by atoms with E-state index in [1.807, 2.05) is 49.4 Å². The number of hydrogen-bond acceptors (Lipinski definition) is 5. The lowest BCUT2D eigenvalue weighted by Crippen LogP contribution is -2.35. The van der Waals surface area contributed by atoms with Crippen molar-refractivity contribution in [2.75, 3.05) is 12.9 Å². The third-order valence-electron chi connectivity index (χ3n) is 5.78. The Morgan fingerprint density at radius 1 is 1.10 bits per heavy atom. The maximum Gasteiger partial charge on any atom is 0.338 e. The molecule has 4 rings (SSSR count). The smallest absolute Gasteiger partial charge is 0.338 e. The number of carbonyl (C=O) groups excluding carboxylic acids is 1. The molecular formula is C23H24O5S. The molecule has 29 heavy (non-hydrogen) atoms. The van der Waals surface area contributed by atoms with Crippen LogP contribution in [0.2, 0.25) is 0 Å². The first kappa shape index (κ1) is 19.7. The van der Waals surface area contributed by atoms with Gasteiger partial charge in [-0.2, -0.15) is 0 Å². The third-order valence-corrected chi connectivity index (χ3v) is 7.91. The predicted molar refractivity (Wildman–Crippen MR) is 111 cm³/mol. The fourth-order valence-electron chi connectivity index (χ4n) is 4.21. The number of methoxy groups -OCH3 is 1. The minimum Gasteiger partial charge on any atom is -0.497 e. The Hall–Kier alpha value is -2.60. The van der Waals surface area contributed by atoms with Crippen molar-refractivity contribution in [1.82, 2.24) is 0 Å². The van der Waals surface area contributed by atoms with Crippen LogP contribution in [0.5, 0.6) is 5.75 Å². The van der Waals surface area contributed by atoms with Crippen molar-refractivity contribution in [3.63, 3.8) is 0 Å². The third kappa shape index (κ3) is 3.94. The maximum absolute atomic E-state index is 12.8. The molecule has 1 saturated heterocycles. The summed E-state index contributed by atoms with van der Waals surface area (Å²) in [5, 5.41) is -0.549. The van der Waals surface area contributed by atoms with Gasteiger partial charge < -0.3 is 9.47 Å². The second-order valence-corrected chi connectivity index (χ2v) is 10.00. The zero-order chi connectivity index (χ0) is 20.6. The summed E-state index contributed by atoms with van der Waals surface area (Å²) in [7, 11) is -1.57. The van der Waals surface area contributed by atoms with Crippen molar-refractivity contribution < 1.29 is 22.7 Å². The zero-order valence-electron chi connectivity index (χ0n) is 16.5. The average Bonchev–Trinajstić information content (AvgIpc) is 3.01. The summed E-state index contributed by atoms with van der Waals surface area (Å²) >= 11 is 0. The summed E-state index contributed by atoms with van der Waals surface area (Å²) in [5.74, 6) is 0.294. The summed E-state index contributed by atoms with van der Waals surface area (Å²) in [6.45, 7) is 1.91. The first-order valence-corrected chi connectivity index (χ1v) is 11.4. The molecule has 0 saturated carbocycles. The van der Waals surface area contributed by atoms with Crippen LogP contribution in [0, 0.1) is 6.92 Å². The van der Waals surface area contributed by atoms with Crippen LogP contribution in [0.25, 0.3) is 0 Å². The van der Waals surface area contributed by atoms with Crippen LogP contribution in [-0.2, 0) is 14.6 Å². The molecule has 5 nitrogen and oxygen atoms in total. The van der Waals surface area contributed by atoms with E-state index in [2.05, 4.69) is 0 Å². The van der Waals surface area contributed by atoms with E-state index in [9.17, 15) is 13.2 Å². The van der Waals surface area contributed by atoms with Crippen molar-refractivity contribution in [1.29, 1.82) is 0 Å². The number of esters is 1. The summed E-state index contributed by atoms with van der Waals surface area (Å²) in [4.78, 5) is 12.8. The minimum atomic E-state index is -3.18. The van der Waals surface area contributed by atoms with E-state index in [4.69, 9.17) is 9.47 Å². The lowest BCUT2D eigenvalue weighted by Gasteiger charge is -2.32. The molecule has 2 aromatic carbocycles. The summed E-state index contributed by atoms with van der Waals surface area (Å²) in [5.41, 5.74) is 3.36. The molecule has 6 heteroatoms. The summed E-state index contributed by atoms with van der Waals surface area (Å²) < 4.78 is 36.1. The number of fused-ring (bicyclic) bond motifs is 1. The Labute approximate surface area is 171 Å². The molecule has 0 N–H and O–H groups in total. The molecule has 0 bridgehead atoms. The molecule has 152 valence electrons. The van der Waals surface area contributed by atoms with Crippen LogP contribution in [0.3, 0.4) is 0 Å². The quantitative estimate of drug-likeness (QED) is 0.564. The normalized spacial score (nSPS) is 25.0. The predicted octanol–water partition coefficient (Wildman–Crippen LogP) is 3.83. The first-order chi connectivity index (χ1) is 13.9. The van der Waals surface area contributed by atoms with Gasteiger partial charge in [-0.05, 0) is 43.2 Å². The number of carbonyl (C=O) groups is 1. The fourth-order valence-corrected chi connectivity index (χ4v) is 6.16. The van der Waals surface area contributed by atoms with Gasteiger partial charge in [0.25, 0.3) is 0 Å². The Balaban J connectivity index is 1.67. The molecule has 3 atom stereocenters. The van der Waals surface area contributed by atoms with Crippen LogP contribution >= 0.6 is 0 Å². The Kier molecular flexibility index (Phi) is 5.21. The SMILES string of the molecule is COc1ccc(C2C=C3CCS(=O)(=O)C3CC2OC(=O)c2cccc(C)c2)cc1. The highest BCUT2D eigenvalue weighted by Gasteiger charge is 2.44. The van der Waals surface area contributed by atoms with E-state index in [1.54, 1.807) is 19.2 Å². The molecule has 1 fully saturated rings. The second-order valence-electron chi connectivity index (χ2n) is 7.70. The van der Waals surface area contributed by atoms with Gasteiger partial charge in [0.2, 0.25) is 0 Å². The molecule has 2 aliphatic rings. The second kappa shape index (κ2) is 7.67. The van der Waals surface area contributed by atoms with Crippen LogP contribution in [0.4, 0.5) is 0 Å². The number of benzene rings is 2. The van der Waals surface area contributed by atoms with Crippen molar-refractivity contribution in [3.05, 3.63) is 76.9 Å². The molecular weight excluding hydrogens is 388 g/mol. The van der Waals surface area contributed by atoms with E-state index in [1.165, 1.54) is 0 Å². The van der Waals surface area contributed by atoms with E-state index in [0.717, 1.165) is 22.4 Å². The molecule has 1 aliphatic carbocycles. The van der Waals surface area contributed by atoms with Crippen LogP contribution in [-0.4, -0.2) is 38.6 Å². The van der Waals surface area contributed by atoms with E-state index in [-0.39, 0.29) is 11.7 Å². The lowest BCUT2D eigenvalue weighted by molar-refractivity contribution is 0.0237. The van der Waals surface area contributed by atoms with E-state index in [0.29, 0.717) is 18.4 Å². The van der Waals surface area contributed by atoms with Crippen molar-refractivity contribution in [2.45, 2.75) is 37.0 Å². The minimum absolute atomic E-state index is 0.164. The monoisotopic (exact) mass is 412 g/mol. The van der Waals surface area contributed by atoms with Gasteiger partial charge in [-0.25, -0.2) is 13.2 Å². The van der Waals surface area contributed by atoms with Gasteiger partial charge in [-0.3, -0.25) is 0 Å². The zero-order valence-corrected chi connectivity index (χ0v) is 17.3. The number of ether oxygens (including phenoxy) is 2. The molecule has 1 aliphatic heterocycles. The molecule has 0 aromatic heterocycles. The molecule has 0 radical (unpaired) electrons. The van der Waals surface area contributed by atoms with Gasteiger partial charge in [0.1, 0.15) is 11.9 Å². The number of hydrogen-bond donors (Lipinski definition) is 0.